The van der Waals surface area contributed by atoms with Crippen molar-refractivity contribution in [2.45, 2.75) is 58.4 Å². The molecule has 5 nitrogen and oxygen atoms in total. The molecule has 1 aliphatic heterocycles. The van der Waals surface area contributed by atoms with Crippen LogP contribution in [0, 0.1) is 11.3 Å². The van der Waals surface area contributed by atoms with Gasteiger partial charge in [-0.2, -0.15) is 0 Å². The van der Waals surface area contributed by atoms with Crippen molar-refractivity contribution in [2.75, 3.05) is 13.1 Å². The minimum absolute atomic E-state index is 0.209. The number of rotatable bonds is 2. The molecule has 1 heterocycles. The van der Waals surface area contributed by atoms with Crippen LogP contribution < -0.4 is 5.32 Å². The molecular formula is C15H26N2O3. The molecule has 0 spiro atoms. The van der Waals surface area contributed by atoms with Crippen LogP contribution in [0.15, 0.2) is 0 Å². The highest BCUT2D eigenvalue weighted by atomic mass is 16.4. The van der Waals surface area contributed by atoms with E-state index in [1.807, 2.05) is 0 Å². The average molecular weight is 282 g/mol. The Morgan fingerprint density at radius 2 is 1.75 bits per heavy atom. The van der Waals surface area contributed by atoms with Gasteiger partial charge in [-0.3, -0.25) is 0 Å². The molecule has 1 saturated carbocycles. The van der Waals surface area contributed by atoms with E-state index in [0.717, 1.165) is 32.4 Å². The van der Waals surface area contributed by atoms with Gasteiger partial charge in [-0.15, -0.1) is 0 Å². The van der Waals surface area contributed by atoms with Crippen LogP contribution in [0.5, 0.6) is 0 Å². The summed E-state index contributed by atoms with van der Waals surface area (Å²) in [6.07, 6.45) is 3.96. The summed E-state index contributed by atoms with van der Waals surface area (Å²) in [4.78, 5) is 25.3. The highest BCUT2D eigenvalue weighted by molar-refractivity contribution is 5.87. The van der Waals surface area contributed by atoms with E-state index in [1.54, 1.807) is 4.90 Å². The van der Waals surface area contributed by atoms with Crippen molar-refractivity contribution in [3.8, 4) is 0 Å². The summed E-state index contributed by atoms with van der Waals surface area (Å²) in [7, 11) is 0. The molecule has 114 valence electrons. The Kier molecular flexibility index (Phi) is 3.98. The van der Waals surface area contributed by atoms with Gasteiger partial charge in [0, 0.05) is 13.1 Å². The summed E-state index contributed by atoms with van der Waals surface area (Å²) >= 11 is 0. The third kappa shape index (κ3) is 2.91. The van der Waals surface area contributed by atoms with Crippen LogP contribution in [0.3, 0.4) is 0 Å². The first kappa shape index (κ1) is 15.1. The second-order valence-electron chi connectivity index (χ2n) is 7.30. The maximum Gasteiger partial charge on any atom is 0.329 e. The van der Waals surface area contributed by atoms with Gasteiger partial charge >= 0.3 is 12.0 Å². The van der Waals surface area contributed by atoms with Crippen LogP contribution in [0.1, 0.15) is 52.9 Å². The van der Waals surface area contributed by atoms with Crippen LogP contribution in [0.25, 0.3) is 0 Å². The van der Waals surface area contributed by atoms with Gasteiger partial charge in [0.25, 0.3) is 0 Å². The summed E-state index contributed by atoms with van der Waals surface area (Å²) in [5.74, 6) is -0.273. The van der Waals surface area contributed by atoms with Gasteiger partial charge in [0.2, 0.25) is 0 Å². The molecule has 0 unspecified atom stereocenters. The molecular weight excluding hydrogens is 256 g/mol. The molecule has 0 aromatic rings. The summed E-state index contributed by atoms with van der Waals surface area (Å²) in [6, 6.07) is -0.209. The number of hydrogen-bond donors (Lipinski definition) is 2. The van der Waals surface area contributed by atoms with Crippen LogP contribution in [-0.4, -0.2) is 40.6 Å². The van der Waals surface area contributed by atoms with E-state index < -0.39 is 11.5 Å². The molecule has 5 heteroatoms. The first-order chi connectivity index (χ1) is 9.24. The number of hydrogen-bond acceptors (Lipinski definition) is 2. The van der Waals surface area contributed by atoms with Gasteiger partial charge in [-0.05, 0) is 43.4 Å². The van der Waals surface area contributed by atoms with E-state index in [1.165, 1.54) is 0 Å². The number of likely N-dealkylation sites (tertiary alicyclic amines) is 1. The maximum absolute atomic E-state index is 12.2. The van der Waals surface area contributed by atoms with Crippen LogP contribution in [0.2, 0.25) is 0 Å². The van der Waals surface area contributed by atoms with E-state index in [4.69, 9.17) is 0 Å². The second-order valence-corrected chi connectivity index (χ2v) is 7.30. The fraction of sp³-hybridized carbons (Fsp3) is 0.867. The minimum atomic E-state index is -1.00. The largest absolute Gasteiger partial charge is 0.480 e. The quantitative estimate of drug-likeness (QED) is 0.817. The number of urea groups is 1. The average Bonchev–Trinajstić information content (AvgIpc) is 2.32. The number of nitrogens with zero attached hydrogens (tertiary/aromatic N) is 1. The maximum atomic E-state index is 12.2. The SMILES string of the molecule is CC(C)(C)C1CCN(C(=O)NC2(C(=O)O)CCC2)CC1. The molecule has 0 radical (unpaired) electrons. The lowest BCUT2D eigenvalue weighted by molar-refractivity contribution is -0.148. The molecule has 2 aliphatic rings. The van der Waals surface area contributed by atoms with Crippen molar-refractivity contribution in [2.24, 2.45) is 11.3 Å². The molecule has 2 fully saturated rings. The van der Waals surface area contributed by atoms with E-state index >= 15 is 0 Å². The smallest absolute Gasteiger partial charge is 0.329 e. The van der Waals surface area contributed by atoms with Gasteiger partial charge in [-0.25, -0.2) is 9.59 Å². The normalized spacial score (nSPS) is 23.1. The van der Waals surface area contributed by atoms with Gasteiger partial charge < -0.3 is 15.3 Å². The monoisotopic (exact) mass is 282 g/mol. The fourth-order valence-electron chi connectivity index (χ4n) is 3.16. The van der Waals surface area contributed by atoms with Crippen LogP contribution >= 0.6 is 0 Å². The van der Waals surface area contributed by atoms with E-state index in [-0.39, 0.29) is 11.4 Å². The summed E-state index contributed by atoms with van der Waals surface area (Å²) in [6.45, 7) is 8.16. The second kappa shape index (κ2) is 5.26. The number of carbonyl (C=O) groups is 2. The standard InChI is InChI=1S/C15H26N2O3/c1-14(2,3)11-5-9-17(10-6-11)13(20)16-15(12(18)19)7-4-8-15/h11H,4-10H2,1-3H3,(H,16,20)(H,18,19). The molecule has 2 rings (SSSR count). The van der Waals surface area contributed by atoms with Gasteiger partial charge in [0.05, 0.1) is 0 Å². The van der Waals surface area contributed by atoms with Crippen molar-refractivity contribution in [1.82, 2.24) is 10.2 Å². The van der Waals surface area contributed by atoms with Crippen molar-refractivity contribution < 1.29 is 14.7 Å². The zero-order chi connectivity index (χ0) is 15.0. The summed E-state index contributed by atoms with van der Waals surface area (Å²) in [5.41, 5.74) is -0.725. The first-order valence-corrected chi connectivity index (χ1v) is 7.55. The molecule has 0 aromatic heterocycles. The van der Waals surface area contributed by atoms with Gasteiger partial charge in [0.1, 0.15) is 5.54 Å². The molecule has 1 saturated heterocycles. The molecule has 0 aromatic carbocycles. The highest BCUT2D eigenvalue weighted by Gasteiger charge is 2.46. The van der Waals surface area contributed by atoms with E-state index in [9.17, 15) is 14.7 Å². The molecule has 1 aliphatic carbocycles. The predicted molar refractivity (Wildman–Crippen MR) is 76.5 cm³/mol. The Bertz CT molecular complexity index is 388. The highest BCUT2D eigenvalue weighted by Crippen LogP contribution is 2.35. The number of carboxylic acid groups (broad SMARTS) is 1. The Balaban J connectivity index is 1.88. The Labute approximate surface area is 120 Å². The summed E-state index contributed by atoms with van der Waals surface area (Å²) in [5, 5.41) is 12.0. The lowest BCUT2D eigenvalue weighted by Crippen LogP contribution is -2.62. The zero-order valence-corrected chi connectivity index (χ0v) is 12.7. The van der Waals surface area contributed by atoms with Gasteiger partial charge in [-0.1, -0.05) is 20.8 Å². The third-order valence-corrected chi connectivity index (χ3v) is 4.97. The lowest BCUT2D eigenvalue weighted by Gasteiger charge is -2.42. The molecule has 0 atom stereocenters. The van der Waals surface area contributed by atoms with Crippen molar-refractivity contribution >= 4 is 12.0 Å². The van der Waals surface area contributed by atoms with E-state index in [0.29, 0.717) is 18.8 Å². The molecule has 2 amide bonds. The molecule has 0 bridgehead atoms. The number of amides is 2. The Morgan fingerprint density at radius 1 is 1.20 bits per heavy atom. The Morgan fingerprint density at radius 3 is 2.10 bits per heavy atom. The summed E-state index contributed by atoms with van der Waals surface area (Å²) < 4.78 is 0. The van der Waals surface area contributed by atoms with Crippen molar-refractivity contribution in [3.63, 3.8) is 0 Å². The van der Waals surface area contributed by atoms with Crippen LogP contribution in [0.4, 0.5) is 4.79 Å². The Hall–Kier alpha value is -1.26. The van der Waals surface area contributed by atoms with Crippen molar-refractivity contribution in [1.29, 1.82) is 0 Å². The third-order valence-electron chi connectivity index (χ3n) is 4.97. The number of carbonyl (C=O) groups excluding carboxylic acids is 1. The lowest BCUT2D eigenvalue weighted by atomic mass is 9.75. The van der Waals surface area contributed by atoms with Crippen LogP contribution in [-0.2, 0) is 4.79 Å². The van der Waals surface area contributed by atoms with Gasteiger partial charge in [0.15, 0.2) is 0 Å². The number of piperidine rings is 1. The first-order valence-electron chi connectivity index (χ1n) is 7.55. The fourth-order valence-corrected chi connectivity index (χ4v) is 3.16. The number of carboxylic acids is 1. The van der Waals surface area contributed by atoms with E-state index in [2.05, 4.69) is 26.1 Å². The molecule has 2 N–H and O–H groups in total. The van der Waals surface area contributed by atoms with Crippen molar-refractivity contribution in [3.05, 3.63) is 0 Å². The number of aliphatic carboxylic acids is 1. The zero-order valence-electron chi connectivity index (χ0n) is 12.7. The topological polar surface area (TPSA) is 69.6 Å². The minimum Gasteiger partial charge on any atom is -0.480 e. The number of nitrogens with one attached hydrogen (secondary N) is 1. The predicted octanol–water partition coefficient (Wildman–Crippen LogP) is 2.46. The molecule has 20 heavy (non-hydrogen) atoms.